The average molecular weight is 532 g/mol. The summed E-state index contributed by atoms with van der Waals surface area (Å²) in [6.07, 6.45) is 0. The molecule has 2 aromatic heterocycles. The van der Waals surface area contributed by atoms with Crippen molar-refractivity contribution in [2.75, 3.05) is 37.9 Å². The van der Waals surface area contributed by atoms with E-state index in [0.717, 1.165) is 46.9 Å². The van der Waals surface area contributed by atoms with Gasteiger partial charge in [-0.05, 0) is 42.0 Å². The first-order valence-corrected chi connectivity index (χ1v) is 13.1. The molecule has 0 aliphatic carbocycles. The molecule has 8 nitrogen and oxygen atoms in total. The Bertz CT molecular complexity index is 1820. The topological polar surface area (TPSA) is 83.7 Å². The summed E-state index contributed by atoms with van der Waals surface area (Å²) in [7, 11) is 0. The van der Waals surface area contributed by atoms with Crippen molar-refractivity contribution in [1.29, 1.82) is 0 Å². The molecule has 0 unspecified atom stereocenters. The van der Waals surface area contributed by atoms with E-state index in [0.29, 0.717) is 29.1 Å². The standard InChI is InChI=1S/C28H22FN3O5S/c29-18-12-17-20(32-19-3-1-2-4-24(19)38-27(32)25(26(17)33)28(34)35)13-21(18)31-9-7-30(8-10-31)14-16-5-6-22-23(11-16)37-15-36-22/h1-6,11-13H,7-10,14-15H2,(H,34,35). The largest absolute Gasteiger partial charge is 0.477 e. The molecule has 0 bridgehead atoms. The molecule has 7 rings (SSSR count). The van der Waals surface area contributed by atoms with Crippen LogP contribution in [-0.4, -0.2) is 53.3 Å². The number of aromatic nitrogens is 1. The van der Waals surface area contributed by atoms with Crippen molar-refractivity contribution in [3.05, 3.63) is 81.8 Å². The number of halogens is 1. The van der Waals surface area contributed by atoms with E-state index in [1.165, 1.54) is 17.4 Å². The van der Waals surface area contributed by atoms with Crippen LogP contribution in [0.2, 0.25) is 0 Å². The highest BCUT2D eigenvalue weighted by molar-refractivity contribution is 7.24. The third-order valence-corrected chi connectivity index (χ3v) is 8.42. The second-order valence-corrected chi connectivity index (χ2v) is 10.5. The summed E-state index contributed by atoms with van der Waals surface area (Å²) < 4.78 is 29.0. The fraction of sp³-hybridized carbons (Fsp3) is 0.214. The minimum Gasteiger partial charge on any atom is -0.477 e. The van der Waals surface area contributed by atoms with Crippen LogP contribution in [-0.2, 0) is 6.54 Å². The summed E-state index contributed by atoms with van der Waals surface area (Å²) in [4.78, 5) is 29.9. The van der Waals surface area contributed by atoms with Crippen LogP contribution < -0.4 is 19.8 Å². The van der Waals surface area contributed by atoms with Crippen molar-refractivity contribution in [3.8, 4) is 11.5 Å². The SMILES string of the molecule is O=C(O)c1c(=O)c2cc(F)c(N3CCN(Cc4ccc5c(c4)OCO5)CC3)cc2n2c1sc1ccccc12. The van der Waals surface area contributed by atoms with Gasteiger partial charge in [0.15, 0.2) is 11.5 Å². The number of pyridine rings is 1. The maximum Gasteiger partial charge on any atom is 0.342 e. The first-order chi connectivity index (χ1) is 18.5. The molecule has 2 aliphatic heterocycles. The average Bonchev–Trinajstić information content (AvgIpc) is 3.53. The molecule has 10 heteroatoms. The number of hydrogen-bond donors (Lipinski definition) is 1. The summed E-state index contributed by atoms with van der Waals surface area (Å²) in [6, 6.07) is 16.3. The summed E-state index contributed by atoms with van der Waals surface area (Å²) in [5.74, 6) is -0.334. The third kappa shape index (κ3) is 3.59. The minimum absolute atomic E-state index is 0.0612. The molecular formula is C28H22FN3O5S. The zero-order chi connectivity index (χ0) is 26.0. The number of rotatable bonds is 4. The van der Waals surface area contributed by atoms with Crippen LogP contribution in [0.5, 0.6) is 11.5 Å². The monoisotopic (exact) mass is 531 g/mol. The fourth-order valence-electron chi connectivity index (χ4n) is 5.41. The Morgan fingerprint density at radius 3 is 2.58 bits per heavy atom. The molecule has 0 spiro atoms. The molecule has 192 valence electrons. The smallest absolute Gasteiger partial charge is 0.342 e. The van der Waals surface area contributed by atoms with Crippen LogP contribution in [0.15, 0.2) is 59.4 Å². The van der Waals surface area contributed by atoms with Gasteiger partial charge in [0.1, 0.15) is 16.2 Å². The Balaban J connectivity index is 1.24. The van der Waals surface area contributed by atoms with Crippen molar-refractivity contribution in [3.63, 3.8) is 0 Å². The molecule has 1 fully saturated rings. The first kappa shape index (κ1) is 23.0. The van der Waals surface area contributed by atoms with Gasteiger partial charge >= 0.3 is 5.97 Å². The number of hydrogen-bond acceptors (Lipinski definition) is 7. The molecule has 0 radical (unpaired) electrons. The maximum atomic E-state index is 15.5. The Labute approximate surface area is 219 Å². The number of carboxylic acids is 1. The Morgan fingerprint density at radius 1 is 0.974 bits per heavy atom. The van der Waals surface area contributed by atoms with E-state index in [1.54, 1.807) is 10.5 Å². The third-order valence-electron chi connectivity index (χ3n) is 7.28. The molecule has 1 N–H and O–H groups in total. The maximum absolute atomic E-state index is 15.5. The molecule has 4 heterocycles. The molecule has 1 saturated heterocycles. The number of nitrogens with zero attached hydrogens (tertiary/aromatic N) is 3. The van der Waals surface area contributed by atoms with Crippen LogP contribution >= 0.6 is 11.3 Å². The van der Waals surface area contributed by atoms with Crippen molar-refractivity contribution in [1.82, 2.24) is 9.30 Å². The molecule has 0 saturated carbocycles. The van der Waals surface area contributed by atoms with Gasteiger partial charge in [0, 0.05) is 32.7 Å². The van der Waals surface area contributed by atoms with Crippen LogP contribution in [0, 0.1) is 5.82 Å². The summed E-state index contributed by atoms with van der Waals surface area (Å²) in [5.41, 5.74) is 1.82. The second kappa shape index (κ2) is 8.71. The van der Waals surface area contributed by atoms with E-state index in [1.807, 2.05) is 47.4 Å². The van der Waals surface area contributed by atoms with E-state index in [4.69, 9.17) is 9.47 Å². The predicted octanol–water partition coefficient (Wildman–Crippen LogP) is 4.56. The van der Waals surface area contributed by atoms with Crippen molar-refractivity contribution in [2.45, 2.75) is 6.54 Å². The number of fused-ring (bicyclic) bond motifs is 6. The minimum atomic E-state index is -1.32. The van der Waals surface area contributed by atoms with Crippen LogP contribution in [0.4, 0.5) is 10.1 Å². The molecular weight excluding hydrogens is 509 g/mol. The molecule has 2 aliphatic rings. The van der Waals surface area contributed by atoms with Crippen LogP contribution in [0.25, 0.3) is 25.9 Å². The molecule has 0 atom stereocenters. The van der Waals surface area contributed by atoms with E-state index in [2.05, 4.69) is 4.90 Å². The lowest BCUT2D eigenvalue weighted by molar-refractivity contribution is 0.0697. The van der Waals surface area contributed by atoms with Gasteiger partial charge in [0.05, 0.1) is 26.8 Å². The summed E-state index contributed by atoms with van der Waals surface area (Å²) >= 11 is 1.25. The van der Waals surface area contributed by atoms with Crippen LogP contribution in [0.1, 0.15) is 15.9 Å². The van der Waals surface area contributed by atoms with Gasteiger partial charge in [-0.3, -0.25) is 14.1 Å². The number of ether oxygens (including phenoxy) is 2. The number of anilines is 1. The van der Waals surface area contributed by atoms with Crippen LogP contribution in [0.3, 0.4) is 0 Å². The highest BCUT2D eigenvalue weighted by atomic mass is 32.1. The first-order valence-electron chi connectivity index (χ1n) is 12.3. The number of carbonyl (C=O) groups is 1. The molecule has 5 aromatic rings. The summed E-state index contributed by atoms with van der Waals surface area (Å²) in [5, 5.41) is 9.89. The number of benzene rings is 3. The highest BCUT2D eigenvalue weighted by Crippen LogP contribution is 2.35. The van der Waals surface area contributed by atoms with Gasteiger partial charge in [-0.25, -0.2) is 9.18 Å². The zero-order valence-corrected chi connectivity index (χ0v) is 21.0. The Hall–Kier alpha value is -4.15. The predicted molar refractivity (Wildman–Crippen MR) is 144 cm³/mol. The van der Waals surface area contributed by atoms with Gasteiger partial charge in [-0.2, -0.15) is 0 Å². The number of thiazole rings is 1. The fourth-order valence-corrected chi connectivity index (χ4v) is 6.60. The van der Waals surface area contributed by atoms with Gasteiger partial charge in [-0.15, -0.1) is 11.3 Å². The quantitative estimate of drug-likeness (QED) is 0.364. The number of piperazine rings is 1. The molecule has 38 heavy (non-hydrogen) atoms. The number of aromatic carboxylic acids is 1. The Kier molecular flexibility index (Phi) is 5.27. The number of para-hydroxylation sites is 1. The van der Waals surface area contributed by atoms with Crippen molar-refractivity contribution < 1.29 is 23.8 Å². The van der Waals surface area contributed by atoms with E-state index < -0.39 is 17.2 Å². The second-order valence-electron chi connectivity index (χ2n) is 9.49. The van der Waals surface area contributed by atoms with E-state index in [9.17, 15) is 14.7 Å². The van der Waals surface area contributed by atoms with Gasteiger partial charge in [0.25, 0.3) is 0 Å². The number of carboxylic acid groups (broad SMARTS) is 1. The summed E-state index contributed by atoms with van der Waals surface area (Å²) in [6.45, 7) is 3.69. The highest BCUT2D eigenvalue weighted by Gasteiger charge is 2.25. The van der Waals surface area contributed by atoms with E-state index >= 15 is 4.39 Å². The lowest BCUT2D eigenvalue weighted by Crippen LogP contribution is -2.46. The van der Waals surface area contributed by atoms with Crippen molar-refractivity contribution >= 4 is 48.9 Å². The molecule has 3 aromatic carbocycles. The van der Waals surface area contributed by atoms with E-state index in [-0.39, 0.29) is 17.7 Å². The Morgan fingerprint density at radius 2 is 1.76 bits per heavy atom. The lowest BCUT2D eigenvalue weighted by atomic mass is 10.1. The zero-order valence-electron chi connectivity index (χ0n) is 20.1. The normalized spacial score (nSPS) is 15.7. The molecule has 0 amide bonds. The van der Waals surface area contributed by atoms with Gasteiger partial charge in [0.2, 0.25) is 12.2 Å². The van der Waals surface area contributed by atoms with Crippen molar-refractivity contribution in [2.24, 2.45) is 0 Å². The lowest BCUT2D eigenvalue weighted by Gasteiger charge is -2.36. The van der Waals surface area contributed by atoms with Gasteiger partial charge in [-0.1, -0.05) is 18.2 Å². The van der Waals surface area contributed by atoms with Gasteiger partial charge < -0.3 is 19.5 Å².